The highest BCUT2D eigenvalue weighted by molar-refractivity contribution is 6.46. The molecule has 8 heteroatoms. The van der Waals surface area contributed by atoms with E-state index in [-0.39, 0.29) is 11.6 Å². The number of benzene rings is 1. The molecule has 0 atom stereocenters. The summed E-state index contributed by atoms with van der Waals surface area (Å²) in [6.45, 7) is 2.52. The number of amides is 4. The first-order valence-electron chi connectivity index (χ1n) is 7.66. The van der Waals surface area contributed by atoms with Gasteiger partial charge in [-0.25, -0.2) is 4.90 Å². The molecule has 2 rings (SSSR count). The van der Waals surface area contributed by atoms with Crippen molar-refractivity contribution in [1.82, 2.24) is 10.6 Å². The smallest absolute Gasteiger partial charge is 0.323 e. The van der Waals surface area contributed by atoms with Gasteiger partial charge in [0.1, 0.15) is 0 Å². The van der Waals surface area contributed by atoms with E-state index in [1.807, 2.05) is 0 Å². The fourth-order valence-corrected chi connectivity index (χ4v) is 2.56. The number of hydrogen-bond donors (Lipinski definition) is 3. The summed E-state index contributed by atoms with van der Waals surface area (Å²) in [4.78, 5) is 48.9. The normalized spacial score (nSPS) is 14.7. The fourth-order valence-electron chi connectivity index (χ4n) is 2.56. The van der Waals surface area contributed by atoms with Crippen LogP contribution in [0.1, 0.15) is 19.8 Å². The molecule has 1 saturated heterocycles. The van der Waals surface area contributed by atoms with Crippen LogP contribution in [0.5, 0.6) is 0 Å². The van der Waals surface area contributed by atoms with Gasteiger partial charge in [-0.2, -0.15) is 0 Å². The third-order valence-corrected chi connectivity index (χ3v) is 3.79. The molecule has 1 aliphatic rings. The molecular weight excluding hydrogens is 312 g/mol. The Morgan fingerprint density at radius 2 is 1.88 bits per heavy atom. The van der Waals surface area contributed by atoms with Crippen LogP contribution >= 0.6 is 0 Å². The molecule has 128 valence electrons. The van der Waals surface area contributed by atoms with Crippen molar-refractivity contribution in [2.75, 3.05) is 23.7 Å². The highest BCUT2D eigenvalue weighted by atomic mass is 16.2. The second-order valence-corrected chi connectivity index (χ2v) is 5.60. The van der Waals surface area contributed by atoms with Crippen molar-refractivity contribution < 1.29 is 19.2 Å². The predicted octanol–water partition coefficient (Wildman–Crippen LogP) is -0.209. The monoisotopic (exact) mass is 332 g/mol. The van der Waals surface area contributed by atoms with Crippen molar-refractivity contribution in [3.63, 3.8) is 0 Å². The van der Waals surface area contributed by atoms with Gasteiger partial charge in [0, 0.05) is 18.5 Å². The Balaban J connectivity index is 2.10. The van der Waals surface area contributed by atoms with Crippen LogP contribution in [0, 0.1) is 5.92 Å². The number of carbonyl (C=O) groups is 4. The number of rotatable bonds is 2. The lowest BCUT2D eigenvalue weighted by molar-refractivity contribution is -0.143. The van der Waals surface area contributed by atoms with Crippen LogP contribution < -0.4 is 21.3 Å². The Morgan fingerprint density at radius 3 is 2.46 bits per heavy atom. The van der Waals surface area contributed by atoms with Gasteiger partial charge in [-0.15, -0.1) is 0 Å². The largest absolute Gasteiger partial charge is 0.399 e. The van der Waals surface area contributed by atoms with Gasteiger partial charge in [0.2, 0.25) is 11.8 Å². The van der Waals surface area contributed by atoms with Gasteiger partial charge in [0.05, 0.1) is 5.69 Å². The van der Waals surface area contributed by atoms with Crippen molar-refractivity contribution in [2.24, 2.45) is 5.92 Å². The van der Waals surface area contributed by atoms with Crippen molar-refractivity contribution in [1.29, 1.82) is 0 Å². The summed E-state index contributed by atoms with van der Waals surface area (Å²) in [6.07, 6.45) is 1.19. The predicted molar refractivity (Wildman–Crippen MR) is 87.8 cm³/mol. The number of nitrogens with one attached hydrogen (secondary N) is 2. The summed E-state index contributed by atoms with van der Waals surface area (Å²) in [5.41, 5.74) is 6.16. The topological polar surface area (TPSA) is 122 Å². The SMILES string of the molecule is CC(=O)N(C(=O)C(=O)NC(=O)C1CCNCC1)c1cccc(N)c1. The van der Waals surface area contributed by atoms with Gasteiger partial charge < -0.3 is 11.1 Å². The average molecular weight is 332 g/mol. The summed E-state index contributed by atoms with van der Waals surface area (Å²) < 4.78 is 0. The van der Waals surface area contributed by atoms with Gasteiger partial charge in [-0.05, 0) is 44.1 Å². The Bertz CT molecular complexity index is 668. The standard InChI is InChI=1S/C16H20N4O4/c1-10(21)20(13-4-2-3-12(17)9-13)16(24)15(23)19-14(22)11-5-7-18-8-6-11/h2-4,9,11,18H,5-8,17H2,1H3,(H,19,22,23). The molecule has 24 heavy (non-hydrogen) atoms. The van der Waals surface area contributed by atoms with Crippen LogP contribution in [-0.4, -0.2) is 36.7 Å². The van der Waals surface area contributed by atoms with Gasteiger partial charge in [-0.1, -0.05) is 6.07 Å². The van der Waals surface area contributed by atoms with E-state index in [1.54, 1.807) is 12.1 Å². The van der Waals surface area contributed by atoms with Gasteiger partial charge in [0.15, 0.2) is 0 Å². The van der Waals surface area contributed by atoms with Crippen molar-refractivity contribution in [2.45, 2.75) is 19.8 Å². The molecule has 0 radical (unpaired) electrons. The quantitative estimate of drug-likeness (QED) is 0.509. The first-order valence-corrected chi connectivity index (χ1v) is 7.66. The van der Waals surface area contributed by atoms with Crippen LogP contribution in [0.25, 0.3) is 0 Å². The van der Waals surface area contributed by atoms with E-state index in [4.69, 9.17) is 5.73 Å². The molecule has 4 N–H and O–H groups in total. The Kier molecular flexibility index (Phi) is 5.64. The number of piperidine rings is 1. The maximum atomic E-state index is 12.3. The van der Waals surface area contributed by atoms with E-state index >= 15 is 0 Å². The molecule has 1 aliphatic heterocycles. The second kappa shape index (κ2) is 7.69. The molecule has 8 nitrogen and oxygen atoms in total. The maximum Gasteiger partial charge on any atom is 0.323 e. The Labute approximate surface area is 139 Å². The van der Waals surface area contributed by atoms with Crippen molar-refractivity contribution in [3.05, 3.63) is 24.3 Å². The molecular formula is C16H20N4O4. The molecule has 0 saturated carbocycles. The zero-order chi connectivity index (χ0) is 17.7. The highest BCUT2D eigenvalue weighted by Gasteiger charge is 2.30. The summed E-state index contributed by atoms with van der Waals surface area (Å²) in [5, 5.41) is 5.20. The zero-order valence-corrected chi connectivity index (χ0v) is 13.4. The van der Waals surface area contributed by atoms with E-state index in [1.165, 1.54) is 12.1 Å². The van der Waals surface area contributed by atoms with E-state index < -0.39 is 23.6 Å². The minimum atomic E-state index is -1.13. The van der Waals surface area contributed by atoms with Crippen LogP contribution in [0.4, 0.5) is 11.4 Å². The molecule has 0 aliphatic carbocycles. The molecule has 0 aromatic heterocycles. The van der Waals surface area contributed by atoms with Gasteiger partial charge >= 0.3 is 11.8 Å². The summed E-state index contributed by atoms with van der Waals surface area (Å²) in [6, 6.07) is 6.04. The molecule has 0 unspecified atom stereocenters. The summed E-state index contributed by atoms with van der Waals surface area (Å²) in [7, 11) is 0. The van der Waals surface area contributed by atoms with E-state index in [0.29, 0.717) is 36.5 Å². The summed E-state index contributed by atoms with van der Waals surface area (Å²) >= 11 is 0. The number of carbonyl (C=O) groups excluding carboxylic acids is 4. The Hall–Kier alpha value is -2.74. The lowest BCUT2D eigenvalue weighted by atomic mass is 9.97. The Morgan fingerprint density at radius 1 is 1.21 bits per heavy atom. The summed E-state index contributed by atoms with van der Waals surface area (Å²) in [5.74, 6) is -3.70. The number of anilines is 2. The zero-order valence-electron chi connectivity index (χ0n) is 13.4. The average Bonchev–Trinajstić information content (AvgIpc) is 2.55. The lowest BCUT2D eigenvalue weighted by Crippen LogP contribution is -2.49. The fraction of sp³-hybridized carbons (Fsp3) is 0.375. The van der Waals surface area contributed by atoms with Crippen LogP contribution in [0.15, 0.2) is 24.3 Å². The maximum absolute atomic E-state index is 12.3. The molecule has 1 aromatic rings. The van der Waals surface area contributed by atoms with E-state index in [0.717, 1.165) is 6.92 Å². The molecule has 1 aromatic carbocycles. The molecule has 1 fully saturated rings. The molecule has 0 spiro atoms. The minimum absolute atomic E-state index is 0.178. The molecule has 4 amide bonds. The van der Waals surface area contributed by atoms with E-state index in [9.17, 15) is 19.2 Å². The molecule has 1 heterocycles. The number of nitrogen functional groups attached to an aromatic ring is 1. The number of nitrogens with zero attached hydrogens (tertiary/aromatic N) is 1. The molecule has 0 bridgehead atoms. The third-order valence-electron chi connectivity index (χ3n) is 3.79. The van der Waals surface area contributed by atoms with Crippen LogP contribution in [-0.2, 0) is 19.2 Å². The van der Waals surface area contributed by atoms with Gasteiger partial charge in [0.25, 0.3) is 0 Å². The first kappa shape index (κ1) is 17.6. The third kappa shape index (κ3) is 4.17. The minimum Gasteiger partial charge on any atom is -0.399 e. The number of imide groups is 2. The second-order valence-electron chi connectivity index (χ2n) is 5.60. The highest BCUT2D eigenvalue weighted by Crippen LogP contribution is 2.18. The lowest BCUT2D eigenvalue weighted by Gasteiger charge is -2.22. The number of nitrogens with two attached hydrogens (primary N) is 1. The van der Waals surface area contributed by atoms with Crippen molar-refractivity contribution >= 4 is 35.0 Å². The van der Waals surface area contributed by atoms with E-state index in [2.05, 4.69) is 10.6 Å². The van der Waals surface area contributed by atoms with Crippen LogP contribution in [0.2, 0.25) is 0 Å². The van der Waals surface area contributed by atoms with Gasteiger partial charge in [-0.3, -0.25) is 24.5 Å². The first-order chi connectivity index (χ1) is 11.4. The number of hydrogen-bond acceptors (Lipinski definition) is 6. The van der Waals surface area contributed by atoms with Crippen molar-refractivity contribution in [3.8, 4) is 0 Å². The van der Waals surface area contributed by atoms with Crippen LogP contribution in [0.3, 0.4) is 0 Å².